The summed E-state index contributed by atoms with van der Waals surface area (Å²) in [6.45, 7) is 2.26. The summed E-state index contributed by atoms with van der Waals surface area (Å²) >= 11 is 8.16. The van der Waals surface area contributed by atoms with E-state index in [1.165, 1.54) is 6.08 Å². The quantitative estimate of drug-likeness (QED) is 0.578. The van der Waals surface area contributed by atoms with Crippen molar-refractivity contribution in [1.29, 1.82) is 0 Å². The molecule has 7 heteroatoms. The van der Waals surface area contributed by atoms with Gasteiger partial charge in [-0.05, 0) is 37.4 Å². The number of hydrogen-bond donors (Lipinski definition) is 3. The van der Waals surface area contributed by atoms with Crippen LogP contribution in [0, 0.1) is 0 Å². The fourth-order valence-electron chi connectivity index (χ4n) is 1.61. The lowest BCUT2D eigenvalue weighted by Crippen LogP contribution is -2.21. The van der Waals surface area contributed by atoms with Gasteiger partial charge in [0.25, 0.3) is 5.91 Å². The molecule has 1 heterocycles. The van der Waals surface area contributed by atoms with E-state index >= 15 is 0 Å². The second kappa shape index (κ2) is 5.58. The van der Waals surface area contributed by atoms with E-state index in [1.54, 1.807) is 12.1 Å². The number of thiocarbonyl (C=S) groups is 1. The highest BCUT2D eigenvalue weighted by Crippen LogP contribution is 2.35. The molecule has 19 heavy (non-hydrogen) atoms. The molecule has 0 spiro atoms. The summed E-state index contributed by atoms with van der Waals surface area (Å²) in [5.41, 5.74) is 0.737. The summed E-state index contributed by atoms with van der Waals surface area (Å²) in [6.07, 6.45) is 1.51. The Morgan fingerprint density at radius 1 is 1.47 bits per heavy atom. The lowest BCUT2D eigenvalue weighted by molar-refractivity contribution is -0.115. The first-order valence-electron chi connectivity index (χ1n) is 5.50. The number of carbonyl (C=O) groups excluding carboxylic acids is 1. The van der Waals surface area contributed by atoms with Gasteiger partial charge in [-0.2, -0.15) is 0 Å². The number of nitrogens with one attached hydrogen (secondary N) is 2. The number of carbonyl (C=O) groups is 1. The summed E-state index contributed by atoms with van der Waals surface area (Å²) in [5.74, 6) is -0.00277. The van der Waals surface area contributed by atoms with Crippen molar-refractivity contribution < 1.29 is 14.6 Å². The predicted molar refractivity (Wildman–Crippen MR) is 78.8 cm³/mol. The fourth-order valence-corrected chi connectivity index (χ4v) is 2.27. The summed E-state index contributed by atoms with van der Waals surface area (Å²) < 4.78 is 6.05. The molecule has 1 aliphatic heterocycles. The van der Waals surface area contributed by atoms with Crippen molar-refractivity contribution in [2.75, 3.05) is 6.61 Å². The zero-order chi connectivity index (χ0) is 14.0. The van der Waals surface area contributed by atoms with Crippen LogP contribution in [0.25, 0.3) is 6.08 Å². The van der Waals surface area contributed by atoms with Crippen molar-refractivity contribution in [1.82, 2.24) is 10.6 Å². The van der Waals surface area contributed by atoms with Crippen LogP contribution in [0.5, 0.6) is 11.5 Å². The third-order valence-corrected chi connectivity index (χ3v) is 3.05. The number of halogens is 1. The maximum atomic E-state index is 11.5. The van der Waals surface area contributed by atoms with Crippen LogP contribution in [0.4, 0.5) is 0 Å². The first kappa shape index (κ1) is 13.8. The number of aromatic hydroxyl groups is 1. The molecule has 1 saturated heterocycles. The van der Waals surface area contributed by atoms with Gasteiger partial charge in [0.2, 0.25) is 0 Å². The van der Waals surface area contributed by atoms with Gasteiger partial charge in [-0.3, -0.25) is 10.1 Å². The third kappa shape index (κ3) is 3.05. The van der Waals surface area contributed by atoms with E-state index in [2.05, 4.69) is 26.6 Å². The van der Waals surface area contributed by atoms with Crippen LogP contribution in [0.15, 0.2) is 22.3 Å². The Morgan fingerprint density at radius 3 is 2.79 bits per heavy atom. The van der Waals surface area contributed by atoms with Gasteiger partial charge in [0, 0.05) is 10.0 Å². The van der Waals surface area contributed by atoms with Crippen molar-refractivity contribution >= 4 is 45.2 Å². The van der Waals surface area contributed by atoms with Crippen molar-refractivity contribution in [3.63, 3.8) is 0 Å². The van der Waals surface area contributed by atoms with Crippen LogP contribution in [0.1, 0.15) is 12.5 Å². The highest BCUT2D eigenvalue weighted by Gasteiger charge is 2.21. The van der Waals surface area contributed by atoms with Gasteiger partial charge in [0.1, 0.15) is 5.70 Å². The molecule has 2 rings (SSSR count). The van der Waals surface area contributed by atoms with Crippen molar-refractivity contribution in [2.24, 2.45) is 0 Å². The maximum Gasteiger partial charge on any atom is 0.273 e. The molecule has 0 atom stereocenters. The number of ether oxygens (including phenoxy) is 1. The SMILES string of the molecule is CCOc1cc(Br)cc(/C=C2/NC(=S)NC2=O)c1O. The van der Waals surface area contributed by atoms with Crippen LogP contribution in [0.3, 0.4) is 0 Å². The molecule has 1 aliphatic rings. The fraction of sp³-hybridized carbons (Fsp3) is 0.167. The molecule has 1 aromatic rings. The van der Waals surface area contributed by atoms with Gasteiger partial charge in [0.05, 0.1) is 6.61 Å². The van der Waals surface area contributed by atoms with Gasteiger partial charge in [-0.25, -0.2) is 0 Å². The van der Waals surface area contributed by atoms with Crippen molar-refractivity contribution in [2.45, 2.75) is 6.92 Å². The Kier molecular flexibility index (Phi) is 4.06. The van der Waals surface area contributed by atoms with Gasteiger partial charge < -0.3 is 15.2 Å². The average Bonchev–Trinajstić information content (AvgIpc) is 2.64. The molecule has 0 aromatic heterocycles. The van der Waals surface area contributed by atoms with E-state index < -0.39 is 0 Å². The van der Waals surface area contributed by atoms with E-state index in [9.17, 15) is 9.90 Å². The summed E-state index contributed by atoms with van der Waals surface area (Å²) in [4.78, 5) is 11.5. The lowest BCUT2D eigenvalue weighted by atomic mass is 10.1. The zero-order valence-electron chi connectivity index (χ0n) is 9.99. The Balaban J connectivity index is 2.42. The molecule has 0 saturated carbocycles. The molecule has 0 radical (unpaired) electrons. The minimum Gasteiger partial charge on any atom is -0.504 e. The third-order valence-electron chi connectivity index (χ3n) is 2.39. The van der Waals surface area contributed by atoms with Crippen molar-refractivity contribution in [3.8, 4) is 11.5 Å². The average molecular weight is 343 g/mol. The molecule has 0 unspecified atom stereocenters. The molecular weight excluding hydrogens is 332 g/mol. The van der Waals surface area contributed by atoms with Crippen LogP contribution < -0.4 is 15.4 Å². The Labute approximate surface area is 123 Å². The normalized spacial score (nSPS) is 16.4. The Bertz CT molecular complexity index is 587. The monoisotopic (exact) mass is 342 g/mol. The molecule has 0 aliphatic carbocycles. The molecule has 3 N–H and O–H groups in total. The summed E-state index contributed by atoms with van der Waals surface area (Å²) in [6, 6.07) is 3.34. The standard InChI is InChI=1S/C12H11BrN2O3S/c1-2-18-9-5-7(13)3-6(10(9)16)4-8-11(17)15-12(19)14-8/h3-5,16H,2H2,1H3,(H2,14,15,17,19)/b8-4+. The molecular formula is C12H11BrN2O3S. The first-order chi connectivity index (χ1) is 9.01. The van der Waals surface area contributed by atoms with Gasteiger partial charge in [-0.1, -0.05) is 15.9 Å². The highest BCUT2D eigenvalue weighted by atomic mass is 79.9. The van der Waals surface area contributed by atoms with Crippen molar-refractivity contribution in [3.05, 3.63) is 27.9 Å². The molecule has 1 amide bonds. The number of phenols is 1. The van der Waals surface area contributed by atoms with Gasteiger partial charge >= 0.3 is 0 Å². The molecule has 5 nitrogen and oxygen atoms in total. The highest BCUT2D eigenvalue weighted by molar-refractivity contribution is 9.10. The number of amides is 1. The minimum absolute atomic E-state index is 0.0232. The molecule has 100 valence electrons. The van der Waals surface area contributed by atoms with E-state index in [-0.39, 0.29) is 22.5 Å². The minimum atomic E-state index is -0.331. The van der Waals surface area contributed by atoms with E-state index in [1.807, 2.05) is 6.92 Å². The van der Waals surface area contributed by atoms with E-state index in [4.69, 9.17) is 17.0 Å². The van der Waals surface area contributed by atoms with E-state index in [0.717, 1.165) is 4.47 Å². The largest absolute Gasteiger partial charge is 0.504 e. The first-order valence-corrected chi connectivity index (χ1v) is 6.70. The second-order valence-electron chi connectivity index (χ2n) is 3.74. The number of hydrogen-bond acceptors (Lipinski definition) is 4. The number of rotatable bonds is 3. The molecule has 0 bridgehead atoms. The van der Waals surface area contributed by atoms with Crippen LogP contribution >= 0.6 is 28.1 Å². The van der Waals surface area contributed by atoms with E-state index in [0.29, 0.717) is 17.9 Å². The molecule has 1 fully saturated rings. The molecule has 1 aromatic carbocycles. The van der Waals surface area contributed by atoms with Crippen LogP contribution in [0.2, 0.25) is 0 Å². The maximum absolute atomic E-state index is 11.5. The smallest absolute Gasteiger partial charge is 0.273 e. The summed E-state index contributed by atoms with van der Waals surface area (Å²) in [5, 5.41) is 15.5. The number of phenolic OH excluding ortho intramolecular Hbond substituents is 1. The van der Waals surface area contributed by atoms with Crippen LogP contribution in [-0.2, 0) is 4.79 Å². The zero-order valence-corrected chi connectivity index (χ0v) is 12.4. The van der Waals surface area contributed by atoms with Gasteiger partial charge in [-0.15, -0.1) is 0 Å². The Hall–Kier alpha value is -1.60. The van der Waals surface area contributed by atoms with Gasteiger partial charge in [0.15, 0.2) is 16.6 Å². The lowest BCUT2D eigenvalue weighted by Gasteiger charge is -2.09. The number of benzene rings is 1. The van der Waals surface area contributed by atoms with Crippen LogP contribution in [-0.4, -0.2) is 22.7 Å². The summed E-state index contributed by atoms with van der Waals surface area (Å²) in [7, 11) is 0. The Morgan fingerprint density at radius 2 is 2.21 bits per heavy atom. The second-order valence-corrected chi connectivity index (χ2v) is 5.06. The predicted octanol–water partition coefficient (Wildman–Crippen LogP) is 1.90. The topological polar surface area (TPSA) is 70.6 Å².